The molecule has 0 aromatic carbocycles. The van der Waals surface area contributed by atoms with E-state index in [-0.39, 0.29) is 0 Å². The molecule has 1 aromatic heterocycles. The smallest absolute Gasteiger partial charge is 0.0794 e. The average molecular weight is 237 g/mol. The molecule has 3 rings (SSSR count). The molecule has 2 fully saturated rings. The van der Waals surface area contributed by atoms with Crippen molar-refractivity contribution in [2.45, 2.75) is 25.3 Å². The first-order valence-corrected chi connectivity index (χ1v) is 7.19. The molecule has 88 valence electrons. The normalized spacial score (nSPS) is 27.1. The van der Waals surface area contributed by atoms with Gasteiger partial charge in [-0.25, -0.2) is 4.98 Å². The van der Waals surface area contributed by atoms with Crippen LogP contribution >= 0.6 is 11.3 Å². The van der Waals surface area contributed by atoms with Gasteiger partial charge in [0.2, 0.25) is 0 Å². The Balaban J connectivity index is 1.47. The van der Waals surface area contributed by atoms with Gasteiger partial charge < -0.3 is 10.2 Å². The Hall–Kier alpha value is -0.450. The third-order valence-corrected chi connectivity index (χ3v) is 4.28. The fourth-order valence-electron chi connectivity index (χ4n) is 2.49. The minimum Gasteiger partial charge on any atom is -0.311 e. The van der Waals surface area contributed by atoms with Crippen molar-refractivity contribution in [1.29, 1.82) is 0 Å². The summed E-state index contributed by atoms with van der Waals surface area (Å²) >= 11 is 1.70. The Kier molecular flexibility index (Phi) is 3.22. The molecule has 1 saturated carbocycles. The van der Waals surface area contributed by atoms with Crippen molar-refractivity contribution in [1.82, 2.24) is 15.2 Å². The lowest BCUT2D eigenvalue weighted by Gasteiger charge is -2.33. The third-order valence-electron chi connectivity index (χ3n) is 3.65. The van der Waals surface area contributed by atoms with Gasteiger partial charge >= 0.3 is 0 Å². The Morgan fingerprint density at radius 1 is 1.50 bits per heavy atom. The van der Waals surface area contributed by atoms with E-state index in [4.69, 9.17) is 0 Å². The van der Waals surface area contributed by atoms with Crippen molar-refractivity contribution < 1.29 is 0 Å². The van der Waals surface area contributed by atoms with Crippen LogP contribution in [0.15, 0.2) is 10.9 Å². The van der Waals surface area contributed by atoms with Crippen molar-refractivity contribution in [2.75, 3.05) is 26.2 Å². The maximum absolute atomic E-state index is 4.34. The van der Waals surface area contributed by atoms with Crippen LogP contribution in [0.4, 0.5) is 0 Å². The van der Waals surface area contributed by atoms with Gasteiger partial charge in [0.05, 0.1) is 11.2 Å². The lowest BCUT2D eigenvalue weighted by atomic mass is 10.1. The fraction of sp³-hybridized carbons (Fsp3) is 0.750. The van der Waals surface area contributed by atoms with Crippen LogP contribution in [0.5, 0.6) is 0 Å². The molecule has 1 aliphatic carbocycles. The van der Waals surface area contributed by atoms with E-state index in [1.54, 1.807) is 11.3 Å². The molecule has 16 heavy (non-hydrogen) atoms. The topological polar surface area (TPSA) is 28.2 Å². The molecule has 1 N–H and O–H groups in total. The van der Waals surface area contributed by atoms with Crippen LogP contribution in [0.1, 0.15) is 18.5 Å². The first-order valence-electron chi connectivity index (χ1n) is 6.24. The lowest BCUT2D eigenvalue weighted by molar-refractivity contribution is 0.190. The third kappa shape index (κ3) is 2.62. The first kappa shape index (κ1) is 10.7. The maximum atomic E-state index is 4.34. The number of hydrogen-bond donors (Lipinski definition) is 1. The van der Waals surface area contributed by atoms with Crippen molar-refractivity contribution in [3.8, 4) is 0 Å². The van der Waals surface area contributed by atoms with Crippen molar-refractivity contribution >= 4 is 11.3 Å². The summed E-state index contributed by atoms with van der Waals surface area (Å²) in [5.74, 6) is 0.974. The Morgan fingerprint density at radius 2 is 2.44 bits per heavy atom. The van der Waals surface area contributed by atoms with Gasteiger partial charge in [-0.05, 0) is 18.8 Å². The van der Waals surface area contributed by atoms with Crippen LogP contribution in [0.3, 0.4) is 0 Å². The molecule has 2 heterocycles. The highest BCUT2D eigenvalue weighted by Crippen LogP contribution is 2.33. The predicted molar refractivity (Wildman–Crippen MR) is 66.8 cm³/mol. The fourth-order valence-corrected chi connectivity index (χ4v) is 3.09. The second-order valence-corrected chi connectivity index (χ2v) is 5.65. The second-order valence-electron chi connectivity index (χ2n) is 4.93. The molecular formula is C12H19N3S. The van der Waals surface area contributed by atoms with Crippen LogP contribution in [0.2, 0.25) is 0 Å². The molecule has 1 saturated heterocycles. The predicted octanol–water partition coefficient (Wildman–Crippen LogP) is 1.37. The van der Waals surface area contributed by atoms with E-state index in [0.717, 1.165) is 24.9 Å². The van der Waals surface area contributed by atoms with Gasteiger partial charge in [-0.3, -0.25) is 0 Å². The zero-order valence-electron chi connectivity index (χ0n) is 9.56. The molecule has 3 nitrogen and oxygen atoms in total. The zero-order valence-corrected chi connectivity index (χ0v) is 10.4. The van der Waals surface area contributed by atoms with E-state index < -0.39 is 0 Å². The van der Waals surface area contributed by atoms with E-state index in [0.29, 0.717) is 0 Å². The summed E-state index contributed by atoms with van der Waals surface area (Å²) in [6.45, 7) is 4.79. The van der Waals surface area contributed by atoms with E-state index in [1.165, 1.54) is 38.2 Å². The van der Waals surface area contributed by atoms with E-state index in [1.807, 2.05) is 5.51 Å². The average Bonchev–Trinajstić information content (AvgIpc) is 3.05. The summed E-state index contributed by atoms with van der Waals surface area (Å²) in [5.41, 5.74) is 3.19. The van der Waals surface area contributed by atoms with Crippen LogP contribution < -0.4 is 5.32 Å². The minimum atomic E-state index is 0.768. The number of hydrogen-bond acceptors (Lipinski definition) is 4. The molecule has 1 aliphatic heterocycles. The van der Waals surface area contributed by atoms with Gasteiger partial charge in [0.15, 0.2) is 0 Å². The Morgan fingerprint density at radius 3 is 3.19 bits per heavy atom. The monoisotopic (exact) mass is 237 g/mol. The molecule has 2 aliphatic rings. The minimum absolute atomic E-state index is 0.768. The summed E-state index contributed by atoms with van der Waals surface area (Å²) in [6, 6.07) is 0.768. The Labute approximate surface area is 101 Å². The zero-order chi connectivity index (χ0) is 10.8. The van der Waals surface area contributed by atoms with Crippen molar-refractivity contribution in [2.24, 2.45) is 5.92 Å². The molecular weight excluding hydrogens is 218 g/mol. The molecule has 1 aromatic rings. The molecule has 4 heteroatoms. The molecule has 0 spiro atoms. The quantitative estimate of drug-likeness (QED) is 0.857. The summed E-state index contributed by atoms with van der Waals surface area (Å²) < 4.78 is 0. The number of aromatic nitrogens is 1. The number of nitrogens with zero attached hydrogens (tertiary/aromatic N) is 2. The molecule has 1 atom stereocenters. The summed E-state index contributed by atoms with van der Waals surface area (Å²) in [4.78, 5) is 6.94. The van der Waals surface area contributed by atoms with Gasteiger partial charge in [-0.1, -0.05) is 0 Å². The summed E-state index contributed by atoms with van der Waals surface area (Å²) in [6.07, 6.45) is 4.00. The molecule has 0 radical (unpaired) electrons. The number of thiazole rings is 1. The van der Waals surface area contributed by atoms with Gasteiger partial charge in [0, 0.05) is 44.0 Å². The summed E-state index contributed by atoms with van der Waals surface area (Å²) in [5, 5.41) is 5.82. The van der Waals surface area contributed by atoms with E-state index in [9.17, 15) is 0 Å². The van der Waals surface area contributed by atoms with Crippen molar-refractivity contribution in [3.05, 3.63) is 16.6 Å². The highest BCUT2D eigenvalue weighted by Gasteiger charge is 2.33. The van der Waals surface area contributed by atoms with Crippen LogP contribution in [0.25, 0.3) is 0 Å². The van der Waals surface area contributed by atoms with E-state index in [2.05, 4.69) is 20.6 Å². The lowest BCUT2D eigenvalue weighted by Crippen LogP contribution is -2.52. The molecule has 0 amide bonds. The SMILES string of the molecule is c1nc(CCN2CCNC(C3CC3)C2)cs1. The number of rotatable bonds is 4. The van der Waals surface area contributed by atoms with Gasteiger partial charge in [0.1, 0.15) is 0 Å². The van der Waals surface area contributed by atoms with Crippen molar-refractivity contribution in [3.63, 3.8) is 0 Å². The molecule has 0 bridgehead atoms. The molecule has 1 unspecified atom stereocenters. The van der Waals surface area contributed by atoms with Crippen LogP contribution in [-0.4, -0.2) is 42.1 Å². The summed E-state index contributed by atoms with van der Waals surface area (Å²) in [7, 11) is 0. The highest BCUT2D eigenvalue weighted by atomic mass is 32.1. The maximum Gasteiger partial charge on any atom is 0.0794 e. The number of piperazine rings is 1. The van der Waals surface area contributed by atoms with Crippen LogP contribution in [-0.2, 0) is 6.42 Å². The van der Waals surface area contributed by atoms with Crippen LogP contribution in [0, 0.1) is 5.92 Å². The number of nitrogens with one attached hydrogen (secondary N) is 1. The second kappa shape index (κ2) is 4.82. The Bertz CT molecular complexity index is 321. The standard InChI is InChI=1S/C12H19N3S/c1-2-10(1)12-7-15(6-4-13-12)5-3-11-8-16-9-14-11/h8-10,12-13H,1-7H2. The largest absolute Gasteiger partial charge is 0.311 e. The van der Waals surface area contributed by atoms with E-state index >= 15 is 0 Å². The highest BCUT2D eigenvalue weighted by molar-refractivity contribution is 7.07. The van der Waals surface area contributed by atoms with Gasteiger partial charge in [-0.15, -0.1) is 11.3 Å². The first-order chi connectivity index (χ1) is 7.92. The van der Waals surface area contributed by atoms with Gasteiger partial charge in [0.25, 0.3) is 0 Å². The van der Waals surface area contributed by atoms with Gasteiger partial charge in [-0.2, -0.15) is 0 Å².